The Morgan fingerprint density at radius 1 is 0.469 bits per heavy atom. The van der Waals surface area contributed by atoms with Crippen LogP contribution >= 0.6 is 0 Å². The second-order valence-electron chi connectivity index (χ2n) is 5.84. The normalized spacial score (nSPS) is 15.1. The van der Waals surface area contributed by atoms with Gasteiger partial charge in [0, 0.05) is 40.0 Å². The predicted molar refractivity (Wildman–Crippen MR) is 115 cm³/mol. The van der Waals surface area contributed by atoms with E-state index in [0.29, 0.717) is 76.5 Å². The smallest absolute Gasteiger partial charge is 0.136 e. The van der Waals surface area contributed by atoms with Crippen molar-refractivity contribution in [1.29, 1.82) is 21.0 Å². The summed E-state index contributed by atoms with van der Waals surface area (Å²) in [5.41, 5.74) is 0.00373. The molecule has 2 rings (SSSR count). The fourth-order valence-corrected chi connectivity index (χ4v) is 2.21. The first-order chi connectivity index (χ1) is 15.3. The minimum Gasteiger partial charge on any atom is -0.377 e. The van der Waals surface area contributed by atoms with E-state index in [1.165, 1.54) is 24.3 Å². The van der Waals surface area contributed by atoms with Gasteiger partial charge in [-0.2, -0.15) is 21.0 Å². The van der Waals surface area contributed by atoms with Crippen molar-refractivity contribution < 1.29 is 23.7 Å². The molecule has 1 heterocycles. The van der Waals surface area contributed by atoms with E-state index in [0.717, 1.165) is 0 Å². The van der Waals surface area contributed by atoms with Gasteiger partial charge in [-0.25, -0.2) is 0 Å². The first-order valence-electron chi connectivity index (χ1n) is 9.60. The first-order valence-corrected chi connectivity index (χ1v) is 9.60. The molecule has 0 N–H and O–H groups in total. The van der Waals surface area contributed by atoms with Gasteiger partial charge in [0.1, 0.15) is 35.4 Å². The molecule has 0 bridgehead atoms. The van der Waals surface area contributed by atoms with E-state index >= 15 is 0 Å². The van der Waals surface area contributed by atoms with Gasteiger partial charge in [-0.3, -0.25) is 0 Å². The second-order valence-corrected chi connectivity index (χ2v) is 5.84. The average Bonchev–Trinajstić information content (AvgIpc) is 2.82. The Hall–Kier alpha value is -2.28. The maximum atomic E-state index is 8.63. The van der Waals surface area contributed by atoms with E-state index in [1.807, 2.05) is 0 Å². The number of nitriles is 4. The number of ether oxygens (including phenoxy) is 5. The molecular formula is C22H24N4NaO5. The molecule has 32 heavy (non-hydrogen) atoms. The van der Waals surface area contributed by atoms with Crippen molar-refractivity contribution in [2.75, 3.05) is 66.1 Å². The zero-order valence-electron chi connectivity index (χ0n) is 18.2. The summed E-state index contributed by atoms with van der Waals surface area (Å²) in [6, 6.07) is 13.2. The van der Waals surface area contributed by atoms with Crippen LogP contribution in [0.2, 0.25) is 0 Å². The third-order valence-corrected chi connectivity index (χ3v) is 3.77. The van der Waals surface area contributed by atoms with Crippen molar-refractivity contribution in [2.24, 2.45) is 0 Å². The van der Waals surface area contributed by atoms with Crippen LogP contribution in [0.1, 0.15) is 0 Å². The van der Waals surface area contributed by atoms with Crippen molar-refractivity contribution >= 4 is 40.7 Å². The van der Waals surface area contributed by atoms with Gasteiger partial charge in [-0.05, 0) is 0 Å². The average molecular weight is 447 g/mol. The van der Waals surface area contributed by atoms with Gasteiger partial charge in [0.15, 0.2) is 0 Å². The van der Waals surface area contributed by atoms with Crippen LogP contribution in [-0.4, -0.2) is 95.6 Å². The standard InChI is InChI=1S/C12H4N4.C10H20O5.Na/c13-5-11(6-14)9-1-2-10(4-3-9)12(7-15)8-16;1-2-12-5-6-14-9-10-15-8-7-13-4-3-11-1;/h1-4H;1-10H2;. The van der Waals surface area contributed by atoms with E-state index in [1.54, 1.807) is 24.3 Å². The summed E-state index contributed by atoms with van der Waals surface area (Å²) in [5.74, 6) is 0. The topological polar surface area (TPSA) is 141 Å². The van der Waals surface area contributed by atoms with Gasteiger partial charge in [0.2, 0.25) is 0 Å². The molecule has 1 fully saturated rings. The molecule has 1 aliphatic heterocycles. The van der Waals surface area contributed by atoms with Crippen molar-refractivity contribution in [3.63, 3.8) is 0 Å². The van der Waals surface area contributed by atoms with E-state index < -0.39 is 0 Å². The van der Waals surface area contributed by atoms with Gasteiger partial charge in [-0.15, -0.1) is 0 Å². The Bertz CT molecular complexity index is 780. The fraction of sp³-hybridized carbons (Fsp3) is 0.455. The van der Waals surface area contributed by atoms with Crippen LogP contribution in [0.25, 0.3) is 11.1 Å². The largest absolute Gasteiger partial charge is 0.377 e. The Morgan fingerprint density at radius 2 is 0.656 bits per heavy atom. The van der Waals surface area contributed by atoms with Crippen LogP contribution < -0.4 is 10.4 Å². The van der Waals surface area contributed by atoms with Crippen molar-refractivity contribution in [3.8, 4) is 24.3 Å². The summed E-state index contributed by atoms with van der Waals surface area (Å²) in [6.07, 6.45) is 0. The van der Waals surface area contributed by atoms with Crippen LogP contribution in [0.4, 0.5) is 0 Å². The molecule has 0 amide bonds. The minimum absolute atomic E-state index is 0. The van der Waals surface area contributed by atoms with E-state index in [9.17, 15) is 0 Å². The van der Waals surface area contributed by atoms with Gasteiger partial charge < -0.3 is 23.7 Å². The molecular weight excluding hydrogens is 423 g/mol. The van der Waals surface area contributed by atoms with Gasteiger partial charge >= 0.3 is 0 Å². The first kappa shape index (κ1) is 29.7. The molecule has 1 aromatic rings. The van der Waals surface area contributed by atoms with Gasteiger partial charge in [0.05, 0.1) is 66.1 Å². The predicted octanol–water partition coefficient (Wildman–Crippen LogP) is -0.215. The molecule has 1 radical (unpaired) electrons. The van der Waals surface area contributed by atoms with E-state index in [2.05, 4.69) is 0 Å². The molecule has 0 saturated carbocycles. The van der Waals surface area contributed by atoms with Crippen molar-refractivity contribution in [3.05, 3.63) is 34.7 Å². The van der Waals surface area contributed by atoms with Gasteiger partial charge in [0.25, 0.3) is 0 Å². The number of hydrogen-bond donors (Lipinski definition) is 0. The molecule has 0 spiro atoms. The Kier molecular flexibility index (Phi) is 19.1. The second kappa shape index (κ2) is 20.6. The number of benzene rings is 1. The minimum atomic E-state index is 0. The maximum absolute atomic E-state index is 8.63. The molecule has 0 unspecified atom stereocenters. The molecule has 10 heteroatoms. The van der Waals surface area contributed by atoms with Crippen LogP contribution in [-0.2, 0) is 23.7 Å². The van der Waals surface area contributed by atoms with Crippen molar-refractivity contribution in [1.82, 2.24) is 0 Å². The van der Waals surface area contributed by atoms with Gasteiger partial charge in [-0.1, -0.05) is 24.3 Å². The molecule has 9 nitrogen and oxygen atoms in total. The number of rotatable bonds is 0. The molecule has 0 aliphatic carbocycles. The number of hydrogen-bond acceptors (Lipinski definition) is 9. The summed E-state index contributed by atoms with van der Waals surface area (Å²) >= 11 is 0. The molecule has 0 aromatic heterocycles. The SMILES string of the molecule is C1COCCOCCOCCOCCO1.N#CC(C#N)=c1ccc(=C(C#N)C#N)cc1.[Na]. The summed E-state index contributed by atoms with van der Waals surface area (Å²) < 4.78 is 26.4. The monoisotopic (exact) mass is 447 g/mol. The Balaban J connectivity index is 0.000000584. The summed E-state index contributed by atoms with van der Waals surface area (Å²) in [7, 11) is 0. The summed E-state index contributed by atoms with van der Waals surface area (Å²) in [6.45, 7) is 6.11. The Morgan fingerprint density at radius 3 is 0.812 bits per heavy atom. The molecule has 1 aliphatic rings. The summed E-state index contributed by atoms with van der Waals surface area (Å²) in [4.78, 5) is 0. The van der Waals surface area contributed by atoms with E-state index in [4.69, 9.17) is 44.7 Å². The quantitative estimate of drug-likeness (QED) is 0.494. The van der Waals surface area contributed by atoms with Crippen LogP contribution in [0.5, 0.6) is 0 Å². The third-order valence-electron chi connectivity index (χ3n) is 3.77. The third kappa shape index (κ3) is 13.2. The van der Waals surface area contributed by atoms with Crippen LogP contribution in [0, 0.1) is 45.3 Å². The molecule has 1 aromatic carbocycles. The molecule has 163 valence electrons. The summed E-state index contributed by atoms with van der Waals surface area (Å²) in [5, 5.41) is 35.5. The molecule has 1 saturated heterocycles. The zero-order valence-corrected chi connectivity index (χ0v) is 20.2. The van der Waals surface area contributed by atoms with Crippen molar-refractivity contribution in [2.45, 2.75) is 0 Å². The van der Waals surface area contributed by atoms with E-state index in [-0.39, 0.29) is 40.7 Å². The maximum Gasteiger partial charge on any atom is 0.136 e. The van der Waals surface area contributed by atoms with Crippen LogP contribution in [0.3, 0.4) is 0 Å². The molecule has 0 atom stereocenters. The fourth-order valence-electron chi connectivity index (χ4n) is 2.21. The Labute approximate surface area is 209 Å². The number of nitrogens with zero attached hydrogens (tertiary/aromatic N) is 4. The zero-order chi connectivity index (χ0) is 22.6. The van der Waals surface area contributed by atoms with Crippen LogP contribution in [0.15, 0.2) is 24.3 Å².